The molecule has 0 unspecified atom stereocenters. The Kier molecular flexibility index (Phi) is 4.18. The maximum atomic E-state index is 5.82. The third kappa shape index (κ3) is 4.04. The van der Waals surface area contributed by atoms with Crippen LogP contribution in [0, 0.1) is 5.92 Å². The van der Waals surface area contributed by atoms with Crippen molar-refractivity contribution in [1.82, 2.24) is 5.01 Å². The molecule has 3 nitrogen and oxygen atoms in total. The number of hydrogen-bond acceptors (Lipinski definition) is 3. The van der Waals surface area contributed by atoms with Gasteiger partial charge in [0.25, 0.3) is 0 Å². The minimum atomic E-state index is 0.326. The fourth-order valence-electron chi connectivity index (χ4n) is 1.18. The van der Waals surface area contributed by atoms with Gasteiger partial charge in [0, 0.05) is 11.9 Å². The summed E-state index contributed by atoms with van der Waals surface area (Å²) in [6, 6.07) is 10.1. The van der Waals surface area contributed by atoms with E-state index < -0.39 is 0 Å². The molecule has 82 valence electrons. The average molecular weight is 205 g/mol. The zero-order chi connectivity index (χ0) is 11.3. The molecule has 0 amide bonds. The maximum Gasteiger partial charge on any atom is 0.0586 e. The zero-order valence-corrected chi connectivity index (χ0v) is 9.35. The Morgan fingerprint density at radius 2 is 1.93 bits per heavy atom. The van der Waals surface area contributed by atoms with Gasteiger partial charge in [0.1, 0.15) is 0 Å². The number of benzene rings is 1. The second-order valence-electron chi connectivity index (χ2n) is 3.94. The average Bonchev–Trinajstić information content (AvgIpc) is 2.18. The van der Waals surface area contributed by atoms with Crippen molar-refractivity contribution in [2.45, 2.75) is 20.4 Å². The molecule has 3 heteroatoms. The minimum absolute atomic E-state index is 0.326. The van der Waals surface area contributed by atoms with Gasteiger partial charge < -0.3 is 10.7 Å². The van der Waals surface area contributed by atoms with Crippen LogP contribution in [0.15, 0.2) is 42.2 Å². The largest absolute Gasteiger partial charge is 0.401 e. The lowest BCUT2D eigenvalue weighted by molar-refractivity contribution is 0.379. The van der Waals surface area contributed by atoms with Gasteiger partial charge in [0.05, 0.1) is 6.54 Å². The lowest BCUT2D eigenvalue weighted by atomic mass is 10.1. The molecule has 4 N–H and O–H groups in total. The third-order valence-corrected chi connectivity index (χ3v) is 2.19. The van der Waals surface area contributed by atoms with Crippen LogP contribution in [0.1, 0.15) is 19.4 Å². The maximum absolute atomic E-state index is 5.82. The predicted molar refractivity (Wildman–Crippen MR) is 63.3 cm³/mol. The van der Waals surface area contributed by atoms with E-state index in [1.807, 2.05) is 44.2 Å². The van der Waals surface area contributed by atoms with Gasteiger partial charge in [-0.05, 0) is 11.5 Å². The van der Waals surface area contributed by atoms with E-state index in [1.54, 1.807) is 11.2 Å². The van der Waals surface area contributed by atoms with Gasteiger partial charge in [-0.15, -0.1) is 0 Å². The number of nitrogens with two attached hydrogens (primary N) is 2. The molecule has 0 bridgehead atoms. The van der Waals surface area contributed by atoms with Gasteiger partial charge in [0.15, 0.2) is 0 Å². The monoisotopic (exact) mass is 205 g/mol. The first-order valence-electron chi connectivity index (χ1n) is 5.12. The molecule has 0 aliphatic carbocycles. The second-order valence-corrected chi connectivity index (χ2v) is 3.94. The normalized spacial score (nSPS) is 11.9. The summed E-state index contributed by atoms with van der Waals surface area (Å²) in [6.45, 7) is 4.76. The van der Waals surface area contributed by atoms with Gasteiger partial charge in [-0.2, -0.15) is 0 Å². The van der Waals surface area contributed by atoms with Crippen LogP contribution < -0.4 is 11.6 Å². The van der Waals surface area contributed by atoms with Gasteiger partial charge in [-0.3, -0.25) is 0 Å². The van der Waals surface area contributed by atoms with Crippen molar-refractivity contribution in [2.75, 3.05) is 0 Å². The van der Waals surface area contributed by atoms with Crippen LogP contribution in [0.3, 0.4) is 0 Å². The zero-order valence-electron chi connectivity index (χ0n) is 9.35. The molecule has 0 saturated heterocycles. The lowest BCUT2D eigenvalue weighted by Crippen LogP contribution is -2.26. The molecule has 0 spiro atoms. The van der Waals surface area contributed by atoms with Crippen LogP contribution in [0.5, 0.6) is 0 Å². The van der Waals surface area contributed by atoms with Gasteiger partial charge in [0.2, 0.25) is 0 Å². The van der Waals surface area contributed by atoms with Gasteiger partial charge >= 0.3 is 0 Å². The number of hydrazine groups is 1. The predicted octanol–water partition coefficient (Wildman–Crippen LogP) is 1.82. The molecule has 15 heavy (non-hydrogen) atoms. The van der Waals surface area contributed by atoms with Gasteiger partial charge in [-0.25, -0.2) is 5.84 Å². The van der Waals surface area contributed by atoms with E-state index >= 15 is 0 Å². The lowest BCUT2D eigenvalue weighted by Gasteiger charge is -2.16. The molecule has 0 aliphatic heterocycles. The number of allylic oxidation sites excluding steroid dienone is 1. The summed E-state index contributed by atoms with van der Waals surface area (Å²) >= 11 is 0. The van der Waals surface area contributed by atoms with E-state index in [-0.39, 0.29) is 0 Å². The molecule has 0 atom stereocenters. The quantitative estimate of drug-likeness (QED) is 0.582. The molecule has 0 aromatic heterocycles. The molecule has 1 aromatic carbocycles. The second kappa shape index (κ2) is 5.41. The van der Waals surface area contributed by atoms with Crippen molar-refractivity contribution in [3.63, 3.8) is 0 Å². The summed E-state index contributed by atoms with van der Waals surface area (Å²) in [5.41, 5.74) is 7.78. The Labute approximate surface area is 91.3 Å². The smallest absolute Gasteiger partial charge is 0.0586 e. The van der Waals surface area contributed by atoms with E-state index in [9.17, 15) is 0 Å². The van der Waals surface area contributed by atoms with Crippen LogP contribution in [0.2, 0.25) is 0 Å². The van der Waals surface area contributed by atoms with Crippen LogP contribution in [0.4, 0.5) is 0 Å². The fraction of sp³-hybridized carbons (Fsp3) is 0.333. The Balaban J connectivity index is 2.57. The molecule has 0 radical (unpaired) electrons. The first-order valence-corrected chi connectivity index (χ1v) is 5.12. The standard InChI is InChI=1S/C12H19N3/c1-10(2)12(13)9-15(14)8-11-6-4-3-5-7-11/h3-7,9-10H,8,13-14H2,1-2H3/b12-9-. The fourth-order valence-corrected chi connectivity index (χ4v) is 1.18. The molecule has 0 fully saturated rings. The van der Waals surface area contributed by atoms with Crippen LogP contribution in [0.25, 0.3) is 0 Å². The van der Waals surface area contributed by atoms with Crippen molar-refractivity contribution >= 4 is 0 Å². The Hall–Kier alpha value is -1.48. The number of nitrogens with zero attached hydrogens (tertiary/aromatic N) is 1. The Morgan fingerprint density at radius 3 is 2.47 bits per heavy atom. The Bertz CT molecular complexity index is 317. The van der Waals surface area contributed by atoms with E-state index in [2.05, 4.69) is 0 Å². The van der Waals surface area contributed by atoms with E-state index in [4.69, 9.17) is 11.6 Å². The molecule has 0 heterocycles. The molecule has 0 aliphatic rings. The number of hydrogen-bond donors (Lipinski definition) is 2. The summed E-state index contributed by atoms with van der Waals surface area (Å²) in [7, 11) is 0. The third-order valence-electron chi connectivity index (χ3n) is 2.19. The SMILES string of the molecule is CC(C)/C(N)=C/N(N)Cc1ccccc1. The van der Waals surface area contributed by atoms with Crippen LogP contribution in [-0.4, -0.2) is 5.01 Å². The highest BCUT2D eigenvalue weighted by atomic mass is 15.4. The first kappa shape index (κ1) is 11.6. The highest BCUT2D eigenvalue weighted by Gasteiger charge is 2.00. The summed E-state index contributed by atoms with van der Waals surface area (Å²) in [6.07, 6.45) is 1.79. The summed E-state index contributed by atoms with van der Waals surface area (Å²) in [4.78, 5) is 0. The molecular weight excluding hydrogens is 186 g/mol. The first-order chi connectivity index (χ1) is 7.09. The molecular formula is C12H19N3. The van der Waals surface area contributed by atoms with E-state index in [0.29, 0.717) is 12.5 Å². The van der Waals surface area contributed by atoms with E-state index in [0.717, 1.165) is 5.70 Å². The number of rotatable bonds is 4. The summed E-state index contributed by atoms with van der Waals surface area (Å²) in [5, 5.41) is 1.62. The van der Waals surface area contributed by atoms with Crippen molar-refractivity contribution in [2.24, 2.45) is 17.5 Å². The van der Waals surface area contributed by atoms with Crippen molar-refractivity contribution in [3.05, 3.63) is 47.8 Å². The van der Waals surface area contributed by atoms with Crippen molar-refractivity contribution in [1.29, 1.82) is 0 Å². The molecule has 0 saturated carbocycles. The summed E-state index contributed by atoms with van der Waals surface area (Å²) in [5.74, 6) is 6.15. The topological polar surface area (TPSA) is 55.3 Å². The van der Waals surface area contributed by atoms with Crippen LogP contribution in [-0.2, 0) is 6.54 Å². The van der Waals surface area contributed by atoms with Crippen molar-refractivity contribution in [3.8, 4) is 0 Å². The van der Waals surface area contributed by atoms with Gasteiger partial charge in [-0.1, -0.05) is 44.2 Å². The highest BCUT2D eigenvalue weighted by Crippen LogP contribution is 2.05. The molecule has 1 rings (SSSR count). The molecule has 1 aromatic rings. The minimum Gasteiger partial charge on any atom is -0.401 e. The Morgan fingerprint density at radius 1 is 1.33 bits per heavy atom. The van der Waals surface area contributed by atoms with Crippen LogP contribution >= 0.6 is 0 Å². The summed E-state index contributed by atoms with van der Waals surface area (Å²) < 4.78 is 0. The van der Waals surface area contributed by atoms with E-state index in [1.165, 1.54) is 5.56 Å². The van der Waals surface area contributed by atoms with Crippen molar-refractivity contribution < 1.29 is 0 Å². The highest BCUT2D eigenvalue weighted by molar-refractivity contribution is 5.15.